The van der Waals surface area contributed by atoms with Crippen LogP contribution in [0.5, 0.6) is 11.5 Å². The van der Waals surface area contributed by atoms with Gasteiger partial charge in [-0.25, -0.2) is 4.79 Å². The number of phenols is 1. The van der Waals surface area contributed by atoms with Crippen molar-refractivity contribution in [2.45, 2.75) is 0 Å². The highest BCUT2D eigenvalue weighted by Gasteiger charge is 2.13. The minimum Gasteiger partial charge on any atom is -0.507 e. The molecule has 25 heavy (non-hydrogen) atoms. The lowest BCUT2D eigenvalue weighted by molar-refractivity contribution is 0.0693. The second-order valence-electron chi connectivity index (χ2n) is 4.79. The molecule has 0 saturated heterocycles. The fourth-order valence-corrected chi connectivity index (χ4v) is 2.68. The standard InChI is InChI=1S/C16H13BrN2O5S/c1-24-13-5-2-8(6-11(13)17)14(21)19-16(25)18-9-3-4-12(20)10(7-9)15(22)23/h2-7,20H,1H3,(H,22,23)(H2,18,19,21,25). The summed E-state index contributed by atoms with van der Waals surface area (Å²) in [6, 6.07) is 8.65. The Labute approximate surface area is 156 Å². The van der Waals surface area contributed by atoms with E-state index in [4.69, 9.17) is 22.1 Å². The number of benzene rings is 2. The molecule has 0 bridgehead atoms. The molecule has 0 aliphatic rings. The van der Waals surface area contributed by atoms with Gasteiger partial charge in [-0.1, -0.05) is 0 Å². The largest absolute Gasteiger partial charge is 0.507 e. The number of carbonyl (C=O) groups excluding carboxylic acids is 1. The van der Waals surface area contributed by atoms with Gasteiger partial charge in [-0.3, -0.25) is 10.1 Å². The molecule has 0 spiro atoms. The molecule has 2 aromatic rings. The van der Waals surface area contributed by atoms with Crippen LogP contribution in [0.25, 0.3) is 0 Å². The molecule has 9 heteroatoms. The SMILES string of the molecule is COc1ccc(C(=O)NC(=S)Nc2ccc(O)c(C(=O)O)c2)cc1Br. The molecule has 0 radical (unpaired) electrons. The van der Waals surface area contributed by atoms with Gasteiger partial charge in [-0.2, -0.15) is 0 Å². The highest BCUT2D eigenvalue weighted by Crippen LogP contribution is 2.25. The third kappa shape index (κ3) is 4.68. The number of thiocarbonyl (C=S) groups is 1. The molecule has 1 amide bonds. The van der Waals surface area contributed by atoms with E-state index in [1.165, 1.54) is 25.3 Å². The summed E-state index contributed by atoms with van der Waals surface area (Å²) in [5.41, 5.74) is 0.392. The van der Waals surface area contributed by atoms with Crippen LogP contribution in [-0.2, 0) is 0 Å². The van der Waals surface area contributed by atoms with Crippen molar-refractivity contribution in [2.24, 2.45) is 0 Å². The molecule has 0 aliphatic heterocycles. The van der Waals surface area contributed by atoms with E-state index >= 15 is 0 Å². The summed E-state index contributed by atoms with van der Waals surface area (Å²) in [4.78, 5) is 23.2. The van der Waals surface area contributed by atoms with Crippen LogP contribution in [0.15, 0.2) is 40.9 Å². The number of anilines is 1. The molecule has 130 valence electrons. The molecule has 0 fully saturated rings. The predicted molar refractivity (Wildman–Crippen MR) is 99.4 cm³/mol. The molecule has 0 aromatic heterocycles. The number of rotatable bonds is 4. The Morgan fingerprint density at radius 3 is 2.52 bits per heavy atom. The van der Waals surface area contributed by atoms with Crippen LogP contribution in [0.2, 0.25) is 0 Å². The van der Waals surface area contributed by atoms with Gasteiger partial charge in [0, 0.05) is 11.3 Å². The number of carboxylic acids is 1. The lowest BCUT2D eigenvalue weighted by Crippen LogP contribution is -2.34. The molecule has 0 atom stereocenters. The highest BCUT2D eigenvalue weighted by atomic mass is 79.9. The normalized spacial score (nSPS) is 10.0. The Morgan fingerprint density at radius 1 is 1.20 bits per heavy atom. The van der Waals surface area contributed by atoms with E-state index < -0.39 is 11.9 Å². The number of aromatic carboxylic acids is 1. The van der Waals surface area contributed by atoms with E-state index in [0.717, 1.165) is 0 Å². The fraction of sp³-hybridized carbons (Fsp3) is 0.0625. The van der Waals surface area contributed by atoms with E-state index in [1.54, 1.807) is 18.2 Å². The molecule has 0 saturated carbocycles. The zero-order valence-corrected chi connectivity index (χ0v) is 15.3. The lowest BCUT2D eigenvalue weighted by atomic mass is 10.2. The number of amides is 1. The first-order chi connectivity index (χ1) is 11.8. The maximum atomic E-state index is 12.2. The third-order valence-corrected chi connectivity index (χ3v) is 3.95. The third-order valence-electron chi connectivity index (χ3n) is 3.13. The maximum absolute atomic E-state index is 12.2. The maximum Gasteiger partial charge on any atom is 0.339 e. The summed E-state index contributed by atoms with van der Waals surface area (Å²) < 4.78 is 5.71. The van der Waals surface area contributed by atoms with Crippen LogP contribution >= 0.6 is 28.1 Å². The molecular weight excluding hydrogens is 412 g/mol. The highest BCUT2D eigenvalue weighted by molar-refractivity contribution is 9.10. The monoisotopic (exact) mass is 424 g/mol. The number of hydrogen-bond acceptors (Lipinski definition) is 5. The smallest absolute Gasteiger partial charge is 0.339 e. The molecule has 7 nitrogen and oxygen atoms in total. The number of nitrogens with one attached hydrogen (secondary N) is 2. The van der Waals surface area contributed by atoms with Crippen molar-refractivity contribution in [1.82, 2.24) is 5.32 Å². The molecule has 0 heterocycles. The number of hydrogen-bond donors (Lipinski definition) is 4. The van der Waals surface area contributed by atoms with Gasteiger partial charge in [-0.05, 0) is 64.5 Å². The van der Waals surface area contributed by atoms with Crippen molar-refractivity contribution in [2.75, 3.05) is 12.4 Å². The summed E-state index contributed by atoms with van der Waals surface area (Å²) in [5.74, 6) is -1.50. The van der Waals surface area contributed by atoms with Gasteiger partial charge in [-0.15, -0.1) is 0 Å². The molecular formula is C16H13BrN2O5S. The number of carbonyl (C=O) groups is 2. The van der Waals surface area contributed by atoms with Gasteiger partial charge in [0.1, 0.15) is 17.1 Å². The summed E-state index contributed by atoms with van der Waals surface area (Å²) in [6.45, 7) is 0. The van der Waals surface area contributed by atoms with E-state index in [2.05, 4.69) is 26.6 Å². The minimum atomic E-state index is -1.28. The zero-order valence-electron chi connectivity index (χ0n) is 12.9. The average Bonchev–Trinajstić information content (AvgIpc) is 2.56. The average molecular weight is 425 g/mol. The molecule has 2 rings (SSSR count). The summed E-state index contributed by atoms with van der Waals surface area (Å²) >= 11 is 8.34. The molecule has 4 N–H and O–H groups in total. The van der Waals surface area contributed by atoms with Crippen LogP contribution in [0, 0.1) is 0 Å². The fourth-order valence-electron chi connectivity index (χ4n) is 1.93. The molecule has 2 aromatic carbocycles. The first-order valence-electron chi connectivity index (χ1n) is 6.84. The Morgan fingerprint density at radius 2 is 1.92 bits per heavy atom. The van der Waals surface area contributed by atoms with Crippen LogP contribution in [0.3, 0.4) is 0 Å². The summed E-state index contributed by atoms with van der Waals surface area (Å²) in [5, 5.41) is 23.6. The van der Waals surface area contributed by atoms with Gasteiger partial charge in [0.25, 0.3) is 5.91 Å². The van der Waals surface area contributed by atoms with Crippen molar-refractivity contribution < 1.29 is 24.5 Å². The number of methoxy groups -OCH3 is 1. The van der Waals surface area contributed by atoms with E-state index in [9.17, 15) is 14.7 Å². The van der Waals surface area contributed by atoms with Gasteiger partial charge >= 0.3 is 5.97 Å². The Kier molecular flexibility index (Phi) is 5.94. The second-order valence-corrected chi connectivity index (χ2v) is 6.06. The molecule has 0 aliphatic carbocycles. The van der Waals surface area contributed by atoms with E-state index in [0.29, 0.717) is 21.5 Å². The second kappa shape index (κ2) is 7.95. The Bertz CT molecular complexity index is 856. The van der Waals surface area contributed by atoms with Crippen LogP contribution in [0.4, 0.5) is 5.69 Å². The van der Waals surface area contributed by atoms with Gasteiger partial charge in [0.15, 0.2) is 5.11 Å². The van der Waals surface area contributed by atoms with Crippen molar-refractivity contribution in [3.63, 3.8) is 0 Å². The first kappa shape index (κ1) is 18.7. The van der Waals surface area contributed by atoms with Gasteiger partial charge in [0.05, 0.1) is 11.6 Å². The van der Waals surface area contributed by atoms with Crippen molar-refractivity contribution in [3.05, 3.63) is 52.0 Å². The topological polar surface area (TPSA) is 108 Å². The lowest BCUT2D eigenvalue weighted by Gasteiger charge is -2.11. The van der Waals surface area contributed by atoms with E-state index in [-0.39, 0.29) is 16.4 Å². The summed E-state index contributed by atoms with van der Waals surface area (Å²) in [6.07, 6.45) is 0. The Hall–Kier alpha value is -2.65. The predicted octanol–water partition coefficient (Wildman–Crippen LogP) is 2.99. The number of ether oxygens (including phenoxy) is 1. The quantitative estimate of drug-likeness (QED) is 0.441. The number of carboxylic acid groups (broad SMARTS) is 1. The van der Waals surface area contributed by atoms with Crippen molar-refractivity contribution in [1.29, 1.82) is 0 Å². The number of halogens is 1. The van der Waals surface area contributed by atoms with Gasteiger partial charge < -0.3 is 20.3 Å². The van der Waals surface area contributed by atoms with Crippen LogP contribution in [0.1, 0.15) is 20.7 Å². The molecule has 0 unspecified atom stereocenters. The van der Waals surface area contributed by atoms with Crippen molar-refractivity contribution in [3.8, 4) is 11.5 Å². The summed E-state index contributed by atoms with van der Waals surface area (Å²) in [7, 11) is 1.52. The first-order valence-corrected chi connectivity index (χ1v) is 8.04. The number of aromatic hydroxyl groups is 1. The Balaban J connectivity index is 2.07. The van der Waals surface area contributed by atoms with E-state index in [1.807, 2.05) is 0 Å². The van der Waals surface area contributed by atoms with Crippen LogP contribution in [-0.4, -0.2) is 34.3 Å². The minimum absolute atomic E-state index is 0.0148. The van der Waals surface area contributed by atoms with Crippen molar-refractivity contribution >= 4 is 50.8 Å². The zero-order chi connectivity index (χ0) is 18.6. The van der Waals surface area contributed by atoms with Gasteiger partial charge in [0.2, 0.25) is 0 Å². The van der Waals surface area contributed by atoms with Crippen LogP contribution < -0.4 is 15.4 Å².